The first kappa shape index (κ1) is 10.4. The summed E-state index contributed by atoms with van der Waals surface area (Å²) in [6.07, 6.45) is 4.61. The number of hydrogen-bond donors (Lipinski definition) is 0. The maximum atomic E-state index is 4.39. The third kappa shape index (κ3) is 3.97. The Morgan fingerprint density at radius 1 is 1.45 bits per heavy atom. The standard InChI is InChI=1S/C10H19N/c1-6-8-11-9(7-2)10(3,4)5/h6,8-9H,1,7H2,2-5H3. The van der Waals surface area contributed by atoms with Crippen molar-refractivity contribution in [2.24, 2.45) is 10.4 Å². The van der Waals surface area contributed by atoms with Gasteiger partial charge in [0.15, 0.2) is 0 Å². The molecule has 0 radical (unpaired) electrons. The Morgan fingerprint density at radius 3 is 2.27 bits per heavy atom. The zero-order valence-corrected chi connectivity index (χ0v) is 8.09. The predicted octanol–water partition coefficient (Wildman–Crippen LogP) is 3.07. The molecule has 0 aromatic rings. The SMILES string of the molecule is C=CC=NC(CC)C(C)(C)C. The summed E-state index contributed by atoms with van der Waals surface area (Å²) in [6, 6.07) is 0.417. The summed E-state index contributed by atoms with van der Waals surface area (Å²) in [6.45, 7) is 12.4. The minimum Gasteiger partial charge on any atom is -0.289 e. The summed E-state index contributed by atoms with van der Waals surface area (Å²) in [7, 11) is 0. The maximum absolute atomic E-state index is 4.39. The van der Waals surface area contributed by atoms with E-state index in [1.54, 1.807) is 12.3 Å². The third-order valence-electron chi connectivity index (χ3n) is 1.76. The highest BCUT2D eigenvalue weighted by atomic mass is 14.8. The molecule has 0 aliphatic carbocycles. The fraction of sp³-hybridized carbons (Fsp3) is 0.700. The average Bonchev–Trinajstić information content (AvgIpc) is 1.87. The number of rotatable bonds is 3. The summed E-state index contributed by atoms with van der Waals surface area (Å²) in [5.41, 5.74) is 0.272. The van der Waals surface area contributed by atoms with Crippen LogP contribution >= 0.6 is 0 Å². The first-order valence-corrected chi connectivity index (χ1v) is 4.16. The Labute approximate surface area is 70.2 Å². The van der Waals surface area contributed by atoms with E-state index in [1.807, 2.05) is 0 Å². The molecule has 0 fully saturated rings. The minimum atomic E-state index is 0.272. The van der Waals surface area contributed by atoms with Crippen LogP contribution < -0.4 is 0 Å². The van der Waals surface area contributed by atoms with Gasteiger partial charge in [-0.25, -0.2) is 0 Å². The van der Waals surface area contributed by atoms with E-state index in [4.69, 9.17) is 0 Å². The molecular formula is C10H19N. The quantitative estimate of drug-likeness (QED) is 0.552. The van der Waals surface area contributed by atoms with Crippen molar-refractivity contribution in [3.05, 3.63) is 12.7 Å². The maximum Gasteiger partial charge on any atom is 0.0545 e. The molecule has 1 unspecified atom stereocenters. The van der Waals surface area contributed by atoms with E-state index in [-0.39, 0.29) is 5.41 Å². The Balaban J connectivity index is 4.17. The van der Waals surface area contributed by atoms with Crippen molar-refractivity contribution >= 4 is 6.21 Å². The Hall–Kier alpha value is -0.590. The van der Waals surface area contributed by atoms with Gasteiger partial charge in [0.2, 0.25) is 0 Å². The van der Waals surface area contributed by atoms with Crippen molar-refractivity contribution in [3.8, 4) is 0 Å². The summed E-state index contributed by atoms with van der Waals surface area (Å²) >= 11 is 0. The second-order valence-corrected chi connectivity index (χ2v) is 3.82. The Morgan fingerprint density at radius 2 is 2.00 bits per heavy atom. The lowest BCUT2D eigenvalue weighted by Gasteiger charge is -2.25. The second kappa shape index (κ2) is 4.32. The van der Waals surface area contributed by atoms with E-state index in [2.05, 4.69) is 39.3 Å². The second-order valence-electron chi connectivity index (χ2n) is 3.82. The van der Waals surface area contributed by atoms with E-state index in [1.165, 1.54) is 0 Å². The molecule has 1 nitrogen and oxygen atoms in total. The largest absolute Gasteiger partial charge is 0.289 e. The molecule has 64 valence electrons. The molecule has 0 saturated heterocycles. The Bertz CT molecular complexity index is 139. The molecule has 1 atom stereocenters. The number of aliphatic imine (C=N–C) groups is 1. The molecular weight excluding hydrogens is 134 g/mol. The summed E-state index contributed by atoms with van der Waals surface area (Å²) in [5.74, 6) is 0. The molecule has 0 saturated carbocycles. The van der Waals surface area contributed by atoms with Crippen LogP contribution in [0.3, 0.4) is 0 Å². The van der Waals surface area contributed by atoms with E-state index in [9.17, 15) is 0 Å². The van der Waals surface area contributed by atoms with Gasteiger partial charge in [-0.1, -0.05) is 40.3 Å². The Kier molecular flexibility index (Phi) is 4.09. The highest BCUT2D eigenvalue weighted by Crippen LogP contribution is 2.24. The number of hydrogen-bond acceptors (Lipinski definition) is 1. The van der Waals surface area contributed by atoms with Crippen LogP contribution in [-0.2, 0) is 0 Å². The number of allylic oxidation sites excluding steroid dienone is 1. The van der Waals surface area contributed by atoms with Crippen LogP contribution in [0.1, 0.15) is 34.1 Å². The van der Waals surface area contributed by atoms with Crippen molar-refractivity contribution in [2.45, 2.75) is 40.2 Å². The van der Waals surface area contributed by atoms with Crippen molar-refractivity contribution in [1.82, 2.24) is 0 Å². The van der Waals surface area contributed by atoms with Gasteiger partial charge in [0.1, 0.15) is 0 Å². The molecule has 0 amide bonds. The van der Waals surface area contributed by atoms with Crippen LogP contribution in [0.25, 0.3) is 0 Å². The van der Waals surface area contributed by atoms with Gasteiger partial charge in [0.25, 0.3) is 0 Å². The lowest BCUT2D eigenvalue weighted by atomic mass is 9.86. The zero-order chi connectivity index (χ0) is 8.91. The summed E-state index contributed by atoms with van der Waals surface area (Å²) < 4.78 is 0. The van der Waals surface area contributed by atoms with Crippen molar-refractivity contribution in [2.75, 3.05) is 0 Å². The van der Waals surface area contributed by atoms with Gasteiger partial charge in [0.05, 0.1) is 6.04 Å². The molecule has 0 N–H and O–H groups in total. The van der Waals surface area contributed by atoms with Gasteiger partial charge in [-0.15, -0.1) is 0 Å². The summed E-state index contributed by atoms with van der Waals surface area (Å²) in [4.78, 5) is 4.39. The lowest BCUT2D eigenvalue weighted by Crippen LogP contribution is -2.23. The zero-order valence-electron chi connectivity index (χ0n) is 8.09. The van der Waals surface area contributed by atoms with Crippen molar-refractivity contribution in [1.29, 1.82) is 0 Å². The van der Waals surface area contributed by atoms with Gasteiger partial charge in [-0.05, 0) is 11.8 Å². The van der Waals surface area contributed by atoms with E-state index in [0.717, 1.165) is 6.42 Å². The first-order valence-electron chi connectivity index (χ1n) is 4.16. The molecule has 0 spiro atoms. The van der Waals surface area contributed by atoms with E-state index < -0.39 is 0 Å². The molecule has 0 aliphatic heterocycles. The molecule has 0 bridgehead atoms. The van der Waals surface area contributed by atoms with Gasteiger partial charge >= 0.3 is 0 Å². The van der Waals surface area contributed by atoms with Crippen molar-refractivity contribution in [3.63, 3.8) is 0 Å². The van der Waals surface area contributed by atoms with Gasteiger partial charge in [-0.2, -0.15) is 0 Å². The average molecular weight is 153 g/mol. The highest BCUT2D eigenvalue weighted by Gasteiger charge is 2.20. The molecule has 1 heteroatoms. The van der Waals surface area contributed by atoms with Crippen LogP contribution in [0.4, 0.5) is 0 Å². The fourth-order valence-corrected chi connectivity index (χ4v) is 1.11. The third-order valence-corrected chi connectivity index (χ3v) is 1.76. The fourth-order valence-electron chi connectivity index (χ4n) is 1.11. The van der Waals surface area contributed by atoms with Crippen LogP contribution in [0.15, 0.2) is 17.6 Å². The molecule has 0 aromatic carbocycles. The topological polar surface area (TPSA) is 12.4 Å². The normalized spacial score (nSPS) is 15.3. The van der Waals surface area contributed by atoms with Crippen LogP contribution in [0, 0.1) is 5.41 Å². The molecule has 0 aromatic heterocycles. The highest BCUT2D eigenvalue weighted by molar-refractivity contribution is 5.70. The van der Waals surface area contributed by atoms with Crippen LogP contribution in [-0.4, -0.2) is 12.3 Å². The smallest absolute Gasteiger partial charge is 0.0545 e. The predicted molar refractivity (Wildman–Crippen MR) is 52.2 cm³/mol. The van der Waals surface area contributed by atoms with Gasteiger partial charge in [-0.3, -0.25) is 4.99 Å². The van der Waals surface area contributed by atoms with Crippen molar-refractivity contribution < 1.29 is 0 Å². The molecule has 11 heavy (non-hydrogen) atoms. The number of nitrogens with zero attached hydrogens (tertiary/aromatic N) is 1. The lowest BCUT2D eigenvalue weighted by molar-refractivity contribution is 0.316. The van der Waals surface area contributed by atoms with E-state index >= 15 is 0 Å². The first-order chi connectivity index (χ1) is 5.02. The molecule has 0 rings (SSSR count). The monoisotopic (exact) mass is 153 g/mol. The minimum absolute atomic E-state index is 0.272. The van der Waals surface area contributed by atoms with Gasteiger partial charge < -0.3 is 0 Å². The van der Waals surface area contributed by atoms with Crippen LogP contribution in [0.2, 0.25) is 0 Å². The van der Waals surface area contributed by atoms with E-state index in [0.29, 0.717) is 6.04 Å². The molecule has 0 aliphatic rings. The van der Waals surface area contributed by atoms with Crippen LogP contribution in [0.5, 0.6) is 0 Å². The van der Waals surface area contributed by atoms with Gasteiger partial charge in [0, 0.05) is 6.21 Å². The molecule has 0 heterocycles. The summed E-state index contributed by atoms with van der Waals surface area (Å²) in [5, 5.41) is 0.